The molecule has 3 heteroatoms. The first-order chi connectivity index (χ1) is 8.79. The van der Waals surface area contributed by atoms with Crippen molar-refractivity contribution >= 4 is 11.4 Å². The summed E-state index contributed by atoms with van der Waals surface area (Å²) in [4.78, 5) is 6.58. The molecule has 0 aliphatic heterocycles. The number of anilines is 2. The average molecular weight is 241 g/mol. The van der Waals surface area contributed by atoms with E-state index in [0.29, 0.717) is 0 Å². The fourth-order valence-electron chi connectivity index (χ4n) is 1.84. The van der Waals surface area contributed by atoms with Crippen molar-refractivity contribution in [3.8, 4) is 0 Å². The number of benzene rings is 1. The minimum absolute atomic E-state index is 0.963. The Hall–Kier alpha value is -2.03. The Balaban J connectivity index is 1.93. The van der Waals surface area contributed by atoms with Gasteiger partial charge in [-0.3, -0.25) is 4.98 Å². The number of likely N-dealkylation sites (N-methyl/N-ethyl adjacent to an activating group) is 1. The molecule has 94 valence electrons. The van der Waals surface area contributed by atoms with Gasteiger partial charge in [0.1, 0.15) is 0 Å². The molecule has 0 saturated carbocycles. The highest BCUT2D eigenvalue weighted by Crippen LogP contribution is 2.16. The van der Waals surface area contributed by atoms with E-state index in [2.05, 4.69) is 52.6 Å². The summed E-state index contributed by atoms with van der Waals surface area (Å²) < 4.78 is 0. The van der Waals surface area contributed by atoms with Crippen LogP contribution in [0.1, 0.15) is 5.69 Å². The van der Waals surface area contributed by atoms with Crippen molar-refractivity contribution in [3.63, 3.8) is 0 Å². The molecular weight excluding hydrogens is 222 g/mol. The topological polar surface area (TPSA) is 28.2 Å². The lowest BCUT2D eigenvalue weighted by Crippen LogP contribution is -2.20. The van der Waals surface area contributed by atoms with Gasteiger partial charge in [-0.05, 0) is 36.4 Å². The van der Waals surface area contributed by atoms with Gasteiger partial charge in [-0.25, -0.2) is 0 Å². The van der Waals surface area contributed by atoms with Gasteiger partial charge >= 0.3 is 0 Å². The standard InChI is InChI=1S/C15H19N3/c1-16-13-6-8-15(9-7-13)18(2)12-10-14-5-3-4-11-17-14/h3-9,11,16H,10,12H2,1-2H3. The van der Waals surface area contributed by atoms with Crippen LogP contribution in [-0.4, -0.2) is 25.6 Å². The average Bonchev–Trinajstić information content (AvgIpc) is 2.46. The fraction of sp³-hybridized carbons (Fsp3) is 0.267. The van der Waals surface area contributed by atoms with Crippen LogP contribution in [0, 0.1) is 0 Å². The molecule has 2 aromatic rings. The molecule has 2 rings (SSSR count). The van der Waals surface area contributed by atoms with Crippen LogP contribution in [0.5, 0.6) is 0 Å². The van der Waals surface area contributed by atoms with E-state index in [9.17, 15) is 0 Å². The van der Waals surface area contributed by atoms with E-state index >= 15 is 0 Å². The summed E-state index contributed by atoms with van der Waals surface area (Å²) in [7, 11) is 4.04. The highest BCUT2D eigenvalue weighted by atomic mass is 15.1. The van der Waals surface area contributed by atoms with Crippen molar-refractivity contribution in [2.45, 2.75) is 6.42 Å². The molecule has 0 aliphatic carbocycles. The molecule has 0 radical (unpaired) electrons. The van der Waals surface area contributed by atoms with Gasteiger partial charge in [0, 0.05) is 50.3 Å². The summed E-state index contributed by atoms with van der Waals surface area (Å²) in [5.74, 6) is 0. The SMILES string of the molecule is CNc1ccc(N(C)CCc2ccccn2)cc1. The maximum Gasteiger partial charge on any atom is 0.0421 e. The van der Waals surface area contributed by atoms with Gasteiger partial charge in [0.25, 0.3) is 0 Å². The number of aromatic nitrogens is 1. The fourth-order valence-corrected chi connectivity index (χ4v) is 1.84. The Morgan fingerprint density at radius 1 is 1.11 bits per heavy atom. The normalized spacial score (nSPS) is 10.1. The van der Waals surface area contributed by atoms with Gasteiger partial charge in [-0.15, -0.1) is 0 Å². The van der Waals surface area contributed by atoms with Gasteiger partial charge in [-0.1, -0.05) is 6.07 Å². The zero-order valence-corrected chi connectivity index (χ0v) is 10.9. The number of pyridine rings is 1. The summed E-state index contributed by atoms with van der Waals surface area (Å²) >= 11 is 0. The Kier molecular flexibility index (Phi) is 4.18. The van der Waals surface area contributed by atoms with E-state index in [1.807, 2.05) is 25.4 Å². The molecule has 0 saturated heterocycles. The van der Waals surface area contributed by atoms with Gasteiger partial charge in [0.2, 0.25) is 0 Å². The molecule has 0 bridgehead atoms. The van der Waals surface area contributed by atoms with Gasteiger partial charge < -0.3 is 10.2 Å². The largest absolute Gasteiger partial charge is 0.388 e. The van der Waals surface area contributed by atoms with Crippen molar-refractivity contribution in [3.05, 3.63) is 54.4 Å². The molecule has 0 spiro atoms. The highest BCUT2D eigenvalue weighted by Gasteiger charge is 2.01. The van der Waals surface area contributed by atoms with Crippen molar-refractivity contribution in [1.82, 2.24) is 4.98 Å². The first-order valence-corrected chi connectivity index (χ1v) is 6.18. The zero-order chi connectivity index (χ0) is 12.8. The second-order valence-corrected chi connectivity index (χ2v) is 4.29. The summed E-state index contributed by atoms with van der Waals surface area (Å²) in [5, 5.41) is 3.12. The van der Waals surface area contributed by atoms with E-state index in [0.717, 1.165) is 24.3 Å². The van der Waals surface area contributed by atoms with E-state index < -0.39 is 0 Å². The molecule has 0 atom stereocenters. The van der Waals surface area contributed by atoms with Gasteiger partial charge in [0.05, 0.1) is 0 Å². The maximum atomic E-state index is 4.34. The van der Waals surface area contributed by atoms with Crippen LogP contribution in [0.4, 0.5) is 11.4 Å². The molecule has 18 heavy (non-hydrogen) atoms. The number of hydrogen-bond donors (Lipinski definition) is 1. The lowest BCUT2D eigenvalue weighted by atomic mass is 10.2. The number of nitrogens with one attached hydrogen (secondary N) is 1. The third-order valence-corrected chi connectivity index (χ3v) is 3.03. The summed E-state index contributed by atoms with van der Waals surface area (Å²) in [6, 6.07) is 14.5. The number of nitrogens with zero attached hydrogens (tertiary/aromatic N) is 2. The minimum atomic E-state index is 0.963. The van der Waals surface area contributed by atoms with Gasteiger partial charge in [0.15, 0.2) is 0 Å². The molecule has 3 nitrogen and oxygen atoms in total. The van der Waals surface area contributed by atoms with Gasteiger partial charge in [-0.2, -0.15) is 0 Å². The lowest BCUT2D eigenvalue weighted by molar-refractivity contribution is 0.853. The summed E-state index contributed by atoms with van der Waals surface area (Å²) in [6.45, 7) is 0.968. The van der Waals surface area contributed by atoms with E-state index in [1.54, 1.807) is 0 Å². The monoisotopic (exact) mass is 241 g/mol. The predicted octanol–water partition coefficient (Wildman–Crippen LogP) is 2.80. The minimum Gasteiger partial charge on any atom is -0.388 e. The molecule has 1 aromatic heterocycles. The van der Waals surface area contributed by atoms with Crippen LogP contribution < -0.4 is 10.2 Å². The summed E-state index contributed by atoms with van der Waals surface area (Å²) in [5.41, 5.74) is 3.50. The Labute approximate surface area is 108 Å². The van der Waals surface area contributed by atoms with Crippen LogP contribution in [-0.2, 0) is 6.42 Å². The molecular formula is C15H19N3. The predicted molar refractivity (Wildman–Crippen MR) is 77.2 cm³/mol. The quantitative estimate of drug-likeness (QED) is 0.872. The molecule has 1 heterocycles. The third-order valence-electron chi connectivity index (χ3n) is 3.03. The van der Waals surface area contributed by atoms with Crippen molar-refractivity contribution in [2.75, 3.05) is 30.9 Å². The van der Waals surface area contributed by atoms with E-state index in [-0.39, 0.29) is 0 Å². The molecule has 0 aliphatic rings. The van der Waals surface area contributed by atoms with Crippen LogP contribution in [0.25, 0.3) is 0 Å². The van der Waals surface area contributed by atoms with Crippen molar-refractivity contribution in [1.29, 1.82) is 0 Å². The highest BCUT2D eigenvalue weighted by molar-refractivity contribution is 5.54. The zero-order valence-electron chi connectivity index (χ0n) is 10.9. The van der Waals surface area contributed by atoms with Crippen molar-refractivity contribution < 1.29 is 0 Å². The molecule has 0 amide bonds. The van der Waals surface area contributed by atoms with E-state index in [4.69, 9.17) is 0 Å². The molecule has 0 fully saturated rings. The number of hydrogen-bond acceptors (Lipinski definition) is 3. The first kappa shape index (κ1) is 12.4. The Morgan fingerprint density at radius 3 is 2.50 bits per heavy atom. The van der Waals surface area contributed by atoms with Crippen LogP contribution in [0.15, 0.2) is 48.7 Å². The van der Waals surface area contributed by atoms with Crippen LogP contribution in [0.2, 0.25) is 0 Å². The molecule has 0 unspecified atom stereocenters. The second-order valence-electron chi connectivity index (χ2n) is 4.29. The smallest absolute Gasteiger partial charge is 0.0421 e. The Morgan fingerprint density at radius 2 is 1.89 bits per heavy atom. The molecule has 1 N–H and O–H groups in total. The third kappa shape index (κ3) is 3.23. The van der Waals surface area contributed by atoms with Crippen molar-refractivity contribution in [2.24, 2.45) is 0 Å². The molecule has 1 aromatic carbocycles. The van der Waals surface area contributed by atoms with Crippen LogP contribution >= 0.6 is 0 Å². The second kappa shape index (κ2) is 6.05. The number of rotatable bonds is 5. The van der Waals surface area contributed by atoms with E-state index in [1.165, 1.54) is 5.69 Å². The Bertz CT molecular complexity index is 465. The maximum absolute atomic E-state index is 4.34. The van der Waals surface area contributed by atoms with Crippen LogP contribution in [0.3, 0.4) is 0 Å². The first-order valence-electron chi connectivity index (χ1n) is 6.18. The summed E-state index contributed by atoms with van der Waals surface area (Å²) in [6.07, 6.45) is 2.81. The lowest BCUT2D eigenvalue weighted by Gasteiger charge is -2.19.